The highest BCUT2D eigenvalue weighted by atomic mass is 35.5. The lowest BCUT2D eigenvalue weighted by atomic mass is 9.92. The van der Waals surface area contributed by atoms with Crippen molar-refractivity contribution in [3.05, 3.63) is 58.1 Å². The highest BCUT2D eigenvalue weighted by Gasteiger charge is 2.41. The third-order valence-electron chi connectivity index (χ3n) is 4.63. The van der Waals surface area contributed by atoms with Gasteiger partial charge in [-0.3, -0.25) is 14.5 Å². The molecule has 1 heterocycles. The van der Waals surface area contributed by atoms with Crippen LogP contribution in [0.25, 0.3) is 0 Å². The van der Waals surface area contributed by atoms with Crippen LogP contribution in [0.5, 0.6) is 0 Å². The van der Waals surface area contributed by atoms with Crippen LogP contribution in [-0.4, -0.2) is 17.9 Å². The van der Waals surface area contributed by atoms with E-state index >= 15 is 0 Å². The first kappa shape index (κ1) is 19.7. The second-order valence-corrected chi connectivity index (χ2v) is 8.58. The number of rotatable bonds is 2. The molecule has 0 spiro atoms. The van der Waals surface area contributed by atoms with E-state index in [0.717, 1.165) is 11.3 Å². The molecule has 0 saturated heterocycles. The smallest absolute Gasteiger partial charge is 0.250 e. The number of fused-ring (bicyclic) bond motifs is 1. The fourth-order valence-corrected chi connectivity index (χ4v) is 3.51. The van der Waals surface area contributed by atoms with E-state index in [1.54, 1.807) is 28.9 Å². The molecule has 0 aliphatic carbocycles. The number of anilines is 2. The van der Waals surface area contributed by atoms with Gasteiger partial charge >= 0.3 is 0 Å². The number of benzene rings is 2. The maximum Gasteiger partial charge on any atom is 0.250 e. The molecule has 0 fully saturated rings. The fraction of sp³-hybridized carbons (Fsp3) is 0.333. The molecule has 2 aromatic carbocycles. The van der Waals surface area contributed by atoms with E-state index < -0.39 is 11.5 Å². The van der Waals surface area contributed by atoms with Crippen molar-refractivity contribution in [2.45, 2.75) is 40.3 Å². The van der Waals surface area contributed by atoms with Crippen LogP contribution >= 0.6 is 23.2 Å². The Morgan fingerprint density at radius 1 is 1.04 bits per heavy atom. The van der Waals surface area contributed by atoms with Crippen LogP contribution in [0.1, 0.15) is 33.3 Å². The van der Waals surface area contributed by atoms with Crippen LogP contribution in [0.15, 0.2) is 42.5 Å². The lowest BCUT2D eigenvalue weighted by molar-refractivity contribution is -0.129. The molecule has 0 unspecified atom stereocenters. The quantitative estimate of drug-likeness (QED) is 0.680. The number of carbonyl (C=O) groups excluding carboxylic acids is 2. The maximum absolute atomic E-state index is 13.2. The molecule has 1 aliphatic heterocycles. The van der Waals surface area contributed by atoms with Gasteiger partial charge in [0.2, 0.25) is 11.8 Å². The highest BCUT2D eigenvalue weighted by molar-refractivity contribution is 6.42. The number of carbonyl (C=O) groups is 2. The van der Waals surface area contributed by atoms with Gasteiger partial charge in [-0.2, -0.15) is 0 Å². The van der Waals surface area contributed by atoms with Gasteiger partial charge in [0.25, 0.3) is 0 Å². The van der Waals surface area contributed by atoms with Crippen molar-refractivity contribution in [3.63, 3.8) is 0 Å². The Morgan fingerprint density at radius 3 is 2.26 bits per heavy atom. The molecule has 2 aromatic rings. The summed E-state index contributed by atoms with van der Waals surface area (Å²) in [6.07, 6.45) is 0. The molecule has 2 amide bonds. The summed E-state index contributed by atoms with van der Waals surface area (Å²) in [5.74, 6) is -0.206. The topological polar surface area (TPSA) is 40.6 Å². The first-order valence-electron chi connectivity index (χ1n) is 8.79. The zero-order valence-electron chi connectivity index (χ0n) is 15.8. The van der Waals surface area contributed by atoms with Crippen molar-refractivity contribution >= 4 is 46.4 Å². The molecule has 1 atom stereocenters. The van der Waals surface area contributed by atoms with E-state index in [9.17, 15) is 9.59 Å². The van der Waals surface area contributed by atoms with Crippen LogP contribution in [-0.2, 0) is 16.1 Å². The number of hydrogen-bond acceptors (Lipinski definition) is 2. The van der Waals surface area contributed by atoms with Gasteiger partial charge in [0, 0.05) is 5.41 Å². The lowest BCUT2D eigenvalue weighted by Crippen LogP contribution is -2.56. The molecule has 3 rings (SSSR count). The molecule has 0 radical (unpaired) electrons. The summed E-state index contributed by atoms with van der Waals surface area (Å²) in [7, 11) is 0. The Hall–Kier alpha value is -2.04. The predicted molar refractivity (Wildman–Crippen MR) is 110 cm³/mol. The molecule has 27 heavy (non-hydrogen) atoms. The number of halogens is 2. The minimum atomic E-state index is -0.590. The third kappa shape index (κ3) is 3.69. The maximum atomic E-state index is 13.2. The predicted octanol–water partition coefficient (Wildman–Crippen LogP) is 5.31. The Balaban J connectivity index is 2.04. The number of amides is 2. The standard InChI is InChI=1S/C21H22Cl2N2O2/c1-13-19(26)24(12-14-9-10-15(22)16(23)11-14)17-7-5-6-8-18(17)25(13)20(27)21(2,3)4/h5-11,13H,12H2,1-4H3/t13-/m1/s1. The fourth-order valence-electron chi connectivity index (χ4n) is 3.19. The van der Waals surface area contributed by atoms with Gasteiger partial charge in [-0.05, 0) is 36.8 Å². The Kier molecular flexibility index (Phi) is 5.24. The monoisotopic (exact) mass is 404 g/mol. The summed E-state index contributed by atoms with van der Waals surface area (Å²) in [5.41, 5.74) is 1.73. The lowest BCUT2D eigenvalue weighted by Gasteiger charge is -2.42. The molecular weight excluding hydrogens is 383 g/mol. The molecule has 6 heteroatoms. The van der Waals surface area contributed by atoms with Crippen molar-refractivity contribution in [2.24, 2.45) is 5.41 Å². The minimum absolute atomic E-state index is 0.0787. The van der Waals surface area contributed by atoms with Crippen LogP contribution in [0, 0.1) is 5.41 Å². The van der Waals surface area contributed by atoms with Gasteiger partial charge < -0.3 is 4.90 Å². The first-order chi connectivity index (χ1) is 12.6. The van der Waals surface area contributed by atoms with Gasteiger partial charge in [0.1, 0.15) is 6.04 Å². The zero-order chi connectivity index (χ0) is 19.9. The molecule has 0 bridgehead atoms. The number of hydrogen-bond donors (Lipinski definition) is 0. The van der Waals surface area contributed by atoms with E-state index in [-0.39, 0.29) is 11.8 Å². The third-order valence-corrected chi connectivity index (χ3v) is 5.37. The summed E-state index contributed by atoms with van der Waals surface area (Å²) >= 11 is 12.1. The normalized spacial score (nSPS) is 17.1. The minimum Gasteiger partial charge on any atom is -0.304 e. The molecule has 0 saturated carbocycles. The second-order valence-electron chi connectivity index (χ2n) is 7.76. The molecule has 0 aromatic heterocycles. The van der Waals surface area contributed by atoms with Crippen molar-refractivity contribution in [1.82, 2.24) is 0 Å². The molecule has 142 valence electrons. The molecule has 4 nitrogen and oxygen atoms in total. The van der Waals surface area contributed by atoms with E-state index in [1.165, 1.54) is 0 Å². The largest absolute Gasteiger partial charge is 0.304 e. The van der Waals surface area contributed by atoms with Crippen molar-refractivity contribution in [1.29, 1.82) is 0 Å². The van der Waals surface area contributed by atoms with Crippen molar-refractivity contribution in [2.75, 3.05) is 9.80 Å². The van der Waals surface area contributed by atoms with E-state index in [0.29, 0.717) is 22.3 Å². The highest BCUT2D eigenvalue weighted by Crippen LogP contribution is 2.39. The van der Waals surface area contributed by atoms with Gasteiger partial charge in [0.05, 0.1) is 28.0 Å². The molecular formula is C21H22Cl2N2O2. The second kappa shape index (κ2) is 7.17. The molecule has 0 N–H and O–H groups in total. The summed E-state index contributed by atoms with van der Waals surface area (Å²) in [6.45, 7) is 7.70. The van der Waals surface area contributed by atoms with Gasteiger partial charge in [-0.15, -0.1) is 0 Å². The van der Waals surface area contributed by atoms with Crippen LogP contribution in [0.2, 0.25) is 10.0 Å². The van der Waals surface area contributed by atoms with Crippen molar-refractivity contribution in [3.8, 4) is 0 Å². The first-order valence-corrected chi connectivity index (χ1v) is 9.55. The van der Waals surface area contributed by atoms with E-state index in [4.69, 9.17) is 23.2 Å². The van der Waals surface area contributed by atoms with Crippen LogP contribution in [0.3, 0.4) is 0 Å². The summed E-state index contributed by atoms with van der Waals surface area (Å²) in [5, 5.41) is 0.922. The SMILES string of the molecule is C[C@@H]1C(=O)N(Cc2ccc(Cl)c(Cl)c2)c2ccccc2N1C(=O)C(C)(C)C. The summed E-state index contributed by atoms with van der Waals surface area (Å²) in [4.78, 5) is 29.5. The van der Waals surface area contributed by atoms with Gasteiger partial charge in [-0.25, -0.2) is 0 Å². The summed E-state index contributed by atoms with van der Waals surface area (Å²) in [6, 6.07) is 12.2. The Bertz CT molecular complexity index is 905. The Morgan fingerprint density at radius 2 is 1.67 bits per heavy atom. The van der Waals surface area contributed by atoms with Crippen molar-refractivity contribution < 1.29 is 9.59 Å². The summed E-state index contributed by atoms with van der Waals surface area (Å²) < 4.78 is 0. The Labute approximate surface area is 169 Å². The number of nitrogens with zero attached hydrogens (tertiary/aromatic N) is 2. The number of para-hydroxylation sites is 2. The van der Waals surface area contributed by atoms with Gasteiger partial charge in [-0.1, -0.05) is 62.2 Å². The average molecular weight is 405 g/mol. The van der Waals surface area contributed by atoms with E-state index in [1.807, 2.05) is 51.1 Å². The van der Waals surface area contributed by atoms with Crippen LogP contribution in [0.4, 0.5) is 11.4 Å². The average Bonchev–Trinajstić information content (AvgIpc) is 2.61. The van der Waals surface area contributed by atoms with Gasteiger partial charge in [0.15, 0.2) is 0 Å². The zero-order valence-corrected chi connectivity index (χ0v) is 17.3. The van der Waals surface area contributed by atoms with Crippen LogP contribution < -0.4 is 9.80 Å². The molecule has 1 aliphatic rings. The van der Waals surface area contributed by atoms with E-state index in [2.05, 4.69) is 0 Å².